The van der Waals surface area contributed by atoms with E-state index in [1.54, 1.807) is 0 Å². The van der Waals surface area contributed by atoms with Crippen LogP contribution in [0.5, 0.6) is 0 Å². The Morgan fingerprint density at radius 3 is 2.30 bits per heavy atom. The lowest BCUT2D eigenvalue weighted by molar-refractivity contribution is -0.123. The summed E-state index contributed by atoms with van der Waals surface area (Å²) in [4.78, 5) is 25.5. The summed E-state index contributed by atoms with van der Waals surface area (Å²) in [6, 6.07) is 15.5. The van der Waals surface area contributed by atoms with Gasteiger partial charge in [0.2, 0.25) is 11.8 Å². The topological polar surface area (TPSA) is 49.4 Å². The molecule has 1 N–H and O–H groups in total. The van der Waals surface area contributed by atoms with E-state index in [1.807, 2.05) is 62.4 Å². The zero-order valence-corrected chi connectivity index (χ0v) is 13.8. The predicted molar refractivity (Wildman–Crippen MR) is 92.2 cm³/mol. The summed E-state index contributed by atoms with van der Waals surface area (Å²) < 4.78 is 0. The minimum Gasteiger partial charge on any atom is -0.350 e. The molecule has 2 rings (SSSR count). The number of hydrogen-bond donors (Lipinski definition) is 1. The molecule has 0 fully saturated rings. The Bertz CT molecular complexity index is 693. The van der Waals surface area contributed by atoms with Crippen molar-refractivity contribution >= 4 is 17.5 Å². The Kier molecular flexibility index (Phi) is 5.52. The first-order valence-electron chi connectivity index (χ1n) is 7.63. The summed E-state index contributed by atoms with van der Waals surface area (Å²) in [5.41, 5.74) is 4.04. The molecule has 23 heavy (non-hydrogen) atoms. The van der Waals surface area contributed by atoms with Crippen LogP contribution in [0, 0.1) is 13.8 Å². The lowest BCUT2D eigenvalue weighted by Crippen LogP contribution is -2.39. The second-order valence-corrected chi connectivity index (χ2v) is 5.71. The van der Waals surface area contributed by atoms with Crippen LogP contribution in [0.1, 0.15) is 23.6 Å². The molecule has 0 aromatic heterocycles. The number of nitrogens with zero attached hydrogens (tertiary/aromatic N) is 1. The van der Waals surface area contributed by atoms with Crippen molar-refractivity contribution in [2.24, 2.45) is 0 Å². The summed E-state index contributed by atoms with van der Waals surface area (Å²) in [5, 5.41) is 2.86. The maximum atomic E-state index is 12.2. The largest absolute Gasteiger partial charge is 0.350 e. The van der Waals surface area contributed by atoms with Gasteiger partial charge in [-0.15, -0.1) is 0 Å². The number of amides is 2. The molecule has 0 radical (unpaired) electrons. The maximum absolute atomic E-state index is 12.2. The van der Waals surface area contributed by atoms with Gasteiger partial charge in [0.05, 0.1) is 0 Å². The van der Waals surface area contributed by atoms with E-state index in [2.05, 4.69) is 5.32 Å². The van der Waals surface area contributed by atoms with E-state index in [0.717, 1.165) is 22.4 Å². The molecular formula is C19H22N2O2. The third-order valence-corrected chi connectivity index (χ3v) is 3.60. The summed E-state index contributed by atoms with van der Waals surface area (Å²) in [7, 11) is 0. The molecule has 2 amide bonds. The van der Waals surface area contributed by atoms with Crippen molar-refractivity contribution < 1.29 is 9.59 Å². The van der Waals surface area contributed by atoms with E-state index in [-0.39, 0.29) is 18.4 Å². The van der Waals surface area contributed by atoms with Gasteiger partial charge in [0.1, 0.15) is 6.54 Å². The highest BCUT2D eigenvalue weighted by Gasteiger charge is 2.15. The van der Waals surface area contributed by atoms with Gasteiger partial charge in [-0.2, -0.15) is 0 Å². The van der Waals surface area contributed by atoms with Crippen LogP contribution < -0.4 is 10.2 Å². The lowest BCUT2D eigenvalue weighted by atomic mass is 10.1. The van der Waals surface area contributed by atoms with E-state index in [4.69, 9.17) is 0 Å². The van der Waals surface area contributed by atoms with Crippen molar-refractivity contribution in [3.8, 4) is 0 Å². The van der Waals surface area contributed by atoms with Crippen LogP contribution in [0.2, 0.25) is 0 Å². The normalized spacial score (nSPS) is 10.2. The second kappa shape index (κ2) is 7.58. The Morgan fingerprint density at radius 1 is 1.00 bits per heavy atom. The fraction of sp³-hybridized carbons (Fsp3) is 0.263. The fourth-order valence-electron chi connectivity index (χ4n) is 2.33. The van der Waals surface area contributed by atoms with Crippen molar-refractivity contribution in [2.45, 2.75) is 27.3 Å². The standard InChI is InChI=1S/C19H22N2O2/c1-14-7-9-18(10-8-14)21(16(3)22)13-19(23)20-12-17-6-4-5-15(2)11-17/h4-11H,12-13H2,1-3H3,(H,20,23). The zero-order valence-electron chi connectivity index (χ0n) is 13.8. The number of aryl methyl sites for hydroxylation is 2. The minimum absolute atomic E-state index is 0.0181. The zero-order chi connectivity index (χ0) is 16.8. The Labute approximate surface area is 137 Å². The number of carbonyl (C=O) groups is 2. The highest BCUT2D eigenvalue weighted by atomic mass is 16.2. The van der Waals surface area contributed by atoms with Gasteiger partial charge in [0.25, 0.3) is 0 Å². The molecule has 0 heterocycles. The van der Waals surface area contributed by atoms with Crippen LogP contribution in [-0.4, -0.2) is 18.4 Å². The van der Waals surface area contributed by atoms with E-state index in [1.165, 1.54) is 11.8 Å². The molecule has 2 aromatic carbocycles. The Balaban J connectivity index is 1.98. The van der Waals surface area contributed by atoms with E-state index in [0.29, 0.717) is 6.54 Å². The average Bonchev–Trinajstić information content (AvgIpc) is 2.51. The van der Waals surface area contributed by atoms with Gasteiger partial charge in [-0.25, -0.2) is 0 Å². The molecule has 0 bridgehead atoms. The molecule has 0 aliphatic rings. The summed E-state index contributed by atoms with van der Waals surface area (Å²) in [6.45, 7) is 5.94. The Morgan fingerprint density at radius 2 is 1.70 bits per heavy atom. The third-order valence-electron chi connectivity index (χ3n) is 3.60. The molecule has 120 valence electrons. The Hall–Kier alpha value is -2.62. The number of hydrogen-bond acceptors (Lipinski definition) is 2. The van der Waals surface area contributed by atoms with Gasteiger partial charge in [0.15, 0.2) is 0 Å². The third kappa shape index (κ3) is 4.95. The van der Waals surface area contributed by atoms with Crippen molar-refractivity contribution in [2.75, 3.05) is 11.4 Å². The molecule has 0 aliphatic heterocycles. The quantitative estimate of drug-likeness (QED) is 0.923. The van der Waals surface area contributed by atoms with Crippen molar-refractivity contribution in [1.82, 2.24) is 5.32 Å². The lowest BCUT2D eigenvalue weighted by Gasteiger charge is -2.21. The summed E-state index contributed by atoms with van der Waals surface area (Å²) >= 11 is 0. The van der Waals surface area contributed by atoms with Gasteiger partial charge < -0.3 is 10.2 Å². The molecule has 2 aromatic rings. The average molecular weight is 310 g/mol. The summed E-state index contributed by atoms with van der Waals surface area (Å²) in [6.07, 6.45) is 0. The minimum atomic E-state index is -0.178. The van der Waals surface area contributed by atoms with Gasteiger partial charge in [-0.3, -0.25) is 9.59 Å². The van der Waals surface area contributed by atoms with Crippen LogP contribution in [0.25, 0.3) is 0 Å². The van der Waals surface area contributed by atoms with Crippen molar-refractivity contribution in [3.63, 3.8) is 0 Å². The first-order valence-corrected chi connectivity index (χ1v) is 7.63. The number of rotatable bonds is 5. The first-order chi connectivity index (χ1) is 11.0. The van der Waals surface area contributed by atoms with E-state index < -0.39 is 0 Å². The van der Waals surface area contributed by atoms with Crippen molar-refractivity contribution in [3.05, 3.63) is 65.2 Å². The number of anilines is 1. The van der Waals surface area contributed by atoms with Crippen LogP contribution in [0.15, 0.2) is 48.5 Å². The number of carbonyl (C=O) groups excluding carboxylic acids is 2. The highest BCUT2D eigenvalue weighted by molar-refractivity contribution is 5.97. The SMILES string of the molecule is CC(=O)N(CC(=O)NCc1cccc(C)c1)c1ccc(C)cc1. The van der Waals surface area contributed by atoms with Crippen LogP contribution in [-0.2, 0) is 16.1 Å². The molecule has 0 saturated carbocycles. The monoisotopic (exact) mass is 310 g/mol. The molecule has 4 heteroatoms. The number of nitrogens with one attached hydrogen (secondary N) is 1. The smallest absolute Gasteiger partial charge is 0.240 e. The maximum Gasteiger partial charge on any atom is 0.240 e. The predicted octanol–water partition coefficient (Wildman–Crippen LogP) is 2.97. The molecule has 0 spiro atoms. The van der Waals surface area contributed by atoms with Crippen LogP contribution in [0.3, 0.4) is 0 Å². The van der Waals surface area contributed by atoms with Gasteiger partial charge in [0, 0.05) is 19.2 Å². The molecule has 0 aliphatic carbocycles. The molecular weight excluding hydrogens is 288 g/mol. The van der Waals surface area contributed by atoms with Crippen LogP contribution >= 0.6 is 0 Å². The van der Waals surface area contributed by atoms with Gasteiger partial charge in [-0.1, -0.05) is 47.5 Å². The van der Waals surface area contributed by atoms with Crippen LogP contribution in [0.4, 0.5) is 5.69 Å². The summed E-state index contributed by atoms with van der Waals surface area (Å²) in [5.74, 6) is -0.332. The van der Waals surface area contributed by atoms with Gasteiger partial charge in [-0.05, 0) is 31.5 Å². The molecule has 0 saturated heterocycles. The van der Waals surface area contributed by atoms with Gasteiger partial charge >= 0.3 is 0 Å². The fourth-order valence-corrected chi connectivity index (χ4v) is 2.33. The second-order valence-electron chi connectivity index (χ2n) is 5.71. The van der Waals surface area contributed by atoms with E-state index >= 15 is 0 Å². The number of benzene rings is 2. The molecule has 0 atom stereocenters. The molecule has 0 unspecified atom stereocenters. The first kappa shape index (κ1) is 16.7. The van der Waals surface area contributed by atoms with E-state index in [9.17, 15) is 9.59 Å². The van der Waals surface area contributed by atoms with Crippen molar-refractivity contribution in [1.29, 1.82) is 0 Å². The molecule has 4 nitrogen and oxygen atoms in total. The highest BCUT2D eigenvalue weighted by Crippen LogP contribution is 2.15.